The molecule has 0 unspecified atom stereocenters. The highest BCUT2D eigenvalue weighted by molar-refractivity contribution is 5.78. The van der Waals surface area contributed by atoms with Crippen molar-refractivity contribution in [1.82, 2.24) is 14.9 Å². The van der Waals surface area contributed by atoms with Crippen LogP contribution in [0.4, 0.5) is 0 Å². The summed E-state index contributed by atoms with van der Waals surface area (Å²) in [5.41, 5.74) is 3.96. The molecule has 2 heterocycles. The van der Waals surface area contributed by atoms with Gasteiger partial charge in [-0.1, -0.05) is 17.7 Å². The fourth-order valence-corrected chi connectivity index (χ4v) is 3.02. The second-order valence-corrected chi connectivity index (χ2v) is 6.65. The van der Waals surface area contributed by atoms with E-state index in [0.717, 1.165) is 17.5 Å². The molecule has 0 aliphatic rings. The number of hydrogen-bond acceptors (Lipinski definition) is 4. The Labute approximate surface area is 160 Å². The minimum absolute atomic E-state index is 0.0683. The lowest BCUT2D eigenvalue weighted by Crippen LogP contribution is -2.34. The number of likely N-dealkylation sites (N-methyl/N-ethyl adjacent to an activating group) is 1. The van der Waals surface area contributed by atoms with E-state index in [1.54, 1.807) is 12.4 Å². The Kier molecular flexibility index (Phi) is 6.01. The van der Waals surface area contributed by atoms with Gasteiger partial charge >= 0.3 is 0 Å². The SMILES string of the molecule is CCN(CCc1ccncc1)C(=O)Cc1nc(-c2cccc(C)c2)oc1C. The van der Waals surface area contributed by atoms with Crippen LogP contribution in [-0.4, -0.2) is 33.9 Å². The maximum absolute atomic E-state index is 12.7. The van der Waals surface area contributed by atoms with E-state index in [4.69, 9.17) is 4.42 Å². The van der Waals surface area contributed by atoms with E-state index in [1.807, 2.05) is 62.1 Å². The molecule has 0 aliphatic heterocycles. The van der Waals surface area contributed by atoms with Crippen molar-refractivity contribution in [2.24, 2.45) is 0 Å². The van der Waals surface area contributed by atoms with Crippen molar-refractivity contribution in [2.45, 2.75) is 33.6 Å². The normalized spacial score (nSPS) is 10.8. The summed E-state index contributed by atoms with van der Waals surface area (Å²) >= 11 is 0. The summed E-state index contributed by atoms with van der Waals surface area (Å²) in [5.74, 6) is 1.34. The third kappa shape index (κ3) is 4.82. The Morgan fingerprint density at radius 2 is 1.93 bits per heavy atom. The third-order valence-electron chi connectivity index (χ3n) is 4.63. The summed E-state index contributed by atoms with van der Waals surface area (Å²) in [6, 6.07) is 12.0. The Balaban J connectivity index is 1.67. The van der Waals surface area contributed by atoms with Gasteiger partial charge in [0.25, 0.3) is 0 Å². The molecule has 0 atom stereocenters. The molecule has 0 bridgehead atoms. The Morgan fingerprint density at radius 1 is 1.15 bits per heavy atom. The number of benzene rings is 1. The number of hydrogen-bond donors (Lipinski definition) is 0. The number of oxazole rings is 1. The molecule has 5 nitrogen and oxygen atoms in total. The number of pyridine rings is 1. The summed E-state index contributed by atoms with van der Waals surface area (Å²) in [4.78, 5) is 23.2. The first kappa shape index (κ1) is 18.8. The highest BCUT2D eigenvalue weighted by Gasteiger charge is 2.18. The second-order valence-electron chi connectivity index (χ2n) is 6.65. The van der Waals surface area contributed by atoms with Crippen LogP contribution in [0.3, 0.4) is 0 Å². The van der Waals surface area contributed by atoms with Crippen molar-refractivity contribution in [3.8, 4) is 11.5 Å². The number of aryl methyl sites for hydroxylation is 2. The molecule has 0 aliphatic carbocycles. The molecule has 5 heteroatoms. The molecule has 0 spiro atoms. The zero-order chi connectivity index (χ0) is 19.2. The zero-order valence-electron chi connectivity index (χ0n) is 16.1. The summed E-state index contributed by atoms with van der Waals surface area (Å²) in [7, 11) is 0. The summed E-state index contributed by atoms with van der Waals surface area (Å²) in [6.07, 6.45) is 4.62. The molecule has 0 fully saturated rings. The van der Waals surface area contributed by atoms with Crippen LogP contribution in [0.15, 0.2) is 53.2 Å². The van der Waals surface area contributed by atoms with E-state index in [2.05, 4.69) is 9.97 Å². The van der Waals surface area contributed by atoms with Crippen LogP contribution in [0.5, 0.6) is 0 Å². The third-order valence-corrected chi connectivity index (χ3v) is 4.63. The molecule has 0 N–H and O–H groups in total. The quantitative estimate of drug-likeness (QED) is 0.637. The maximum Gasteiger partial charge on any atom is 0.228 e. The van der Waals surface area contributed by atoms with Gasteiger partial charge < -0.3 is 9.32 Å². The molecular formula is C22H25N3O2. The first-order valence-corrected chi connectivity index (χ1v) is 9.27. The molecule has 0 saturated heterocycles. The highest BCUT2D eigenvalue weighted by Crippen LogP contribution is 2.23. The van der Waals surface area contributed by atoms with E-state index < -0.39 is 0 Å². The standard InChI is InChI=1S/C22H25N3O2/c1-4-25(13-10-18-8-11-23-12-9-18)21(26)15-20-17(3)27-22(24-20)19-7-5-6-16(2)14-19/h5-9,11-12,14H,4,10,13,15H2,1-3H3. The van der Waals surface area contributed by atoms with Gasteiger partial charge in [0.05, 0.1) is 12.1 Å². The van der Waals surface area contributed by atoms with Crippen LogP contribution in [0.25, 0.3) is 11.5 Å². The van der Waals surface area contributed by atoms with Crippen LogP contribution in [0.2, 0.25) is 0 Å². The predicted octanol–water partition coefficient (Wildman–Crippen LogP) is 3.99. The first-order chi connectivity index (χ1) is 13.1. The van der Waals surface area contributed by atoms with Crippen LogP contribution in [-0.2, 0) is 17.6 Å². The minimum atomic E-state index is 0.0683. The van der Waals surface area contributed by atoms with E-state index in [0.29, 0.717) is 30.4 Å². The van der Waals surface area contributed by atoms with E-state index in [-0.39, 0.29) is 12.3 Å². The van der Waals surface area contributed by atoms with Crippen molar-refractivity contribution in [3.63, 3.8) is 0 Å². The van der Waals surface area contributed by atoms with Gasteiger partial charge in [-0.2, -0.15) is 0 Å². The minimum Gasteiger partial charge on any atom is -0.441 e. The van der Waals surface area contributed by atoms with Crippen molar-refractivity contribution >= 4 is 5.91 Å². The molecule has 0 saturated carbocycles. The average molecular weight is 363 g/mol. The second kappa shape index (κ2) is 8.62. The van der Waals surface area contributed by atoms with Crippen molar-refractivity contribution in [1.29, 1.82) is 0 Å². The molecule has 27 heavy (non-hydrogen) atoms. The maximum atomic E-state index is 12.7. The number of amides is 1. The van der Waals surface area contributed by atoms with Gasteiger partial charge in [-0.15, -0.1) is 0 Å². The van der Waals surface area contributed by atoms with Crippen LogP contribution in [0.1, 0.15) is 29.5 Å². The predicted molar refractivity (Wildman–Crippen MR) is 105 cm³/mol. The van der Waals surface area contributed by atoms with Crippen molar-refractivity contribution in [2.75, 3.05) is 13.1 Å². The molecule has 1 amide bonds. The Hall–Kier alpha value is -2.95. The number of nitrogens with zero attached hydrogens (tertiary/aromatic N) is 3. The summed E-state index contributed by atoms with van der Waals surface area (Å²) in [5, 5.41) is 0. The molecular weight excluding hydrogens is 338 g/mol. The fourth-order valence-electron chi connectivity index (χ4n) is 3.02. The van der Waals surface area contributed by atoms with E-state index >= 15 is 0 Å². The molecule has 3 rings (SSSR count). The van der Waals surface area contributed by atoms with Gasteiger partial charge in [-0.05, 0) is 57.0 Å². The fraction of sp³-hybridized carbons (Fsp3) is 0.318. The smallest absolute Gasteiger partial charge is 0.228 e. The summed E-state index contributed by atoms with van der Waals surface area (Å²) in [6.45, 7) is 7.25. The number of rotatable bonds is 7. The Morgan fingerprint density at radius 3 is 2.63 bits per heavy atom. The lowest BCUT2D eigenvalue weighted by Gasteiger charge is -2.20. The van der Waals surface area contributed by atoms with Gasteiger partial charge in [0.15, 0.2) is 0 Å². The Bertz CT molecular complexity index is 903. The van der Waals surface area contributed by atoms with Gasteiger partial charge in [0.1, 0.15) is 5.76 Å². The molecule has 140 valence electrons. The largest absolute Gasteiger partial charge is 0.441 e. The van der Waals surface area contributed by atoms with Gasteiger partial charge in [-0.3, -0.25) is 9.78 Å². The highest BCUT2D eigenvalue weighted by atomic mass is 16.4. The lowest BCUT2D eigenvalue weighted by atomic mass is 10.1. The van der Waals surface area contributed by atoms with E-state index in [1.165, 1.54) is 5.56 Å². The van der Waals surface area contributed by atoms with Gasteiger partial charge in [0, 0.05) is 31.0 Å². The lowest BCUT2D eigenvalue weighted by molar-refractivity contribution is -0.130. The topological polar surface area (TPSA) is 59.2 Å². The first-order valence-electron chi connectivity index (χ1n) is 9.27. The number of carbonyl (C=O) groups is 1. The molecule has 1 aromatic carbocycles. The molecule has 3 aromatic rings. The van der Waals surface area contributed by atoms with E-state index in [9.17, 15) is 4.79 Å². The average Bonchev–Trinajstić information content (AvgIpc) is 3.03. The van der Waals surface area contributed by atoms with Gasteiger partial charge in [-0.25, -0.2) is 4.98 Å². The van der Waals surface area contributed by atoms with Crippen LogP contribution >= 0.6 is 0 Å². The number of aromatic nitrogens is 2. The number of carbonyl (C=O) groups excluding carboxylic acids is 1. The van der Waals surface area contributed by atoms with Gasteiger partial charge in [0.2, 0.25) is 11.8 Å². The molecule has 0 radical (unpaired) electrons. The zero-order valence-corrected chi connectivity index (χ0v) is 16.1. The summed E-state index contributed by atoms with van der Waals surface area (Å²) < 4.78 is 5.81. The molecule has 2 aromatic heterocycles. The van der Waals surface area contributed by atoms with Crippen LogP contribution < -0.4 is 0 Å². The monoisotopic (exact) mass is 363 g/mol. The van der Waals surface area contributed by atoms with Crippen molar-refractivity contribution in [3.05, 3.63) is 71.4 Å². The van der Waals surface area contributed by atoms with Crippen molar-refractivity contribution < 1.29 is 9.21 Å². The van der Waals surface area contributed by atoms with Crippen LogP contribution in [0, 0.1) is 13.8 Å².